The molecule has 0 saturated heterocycles. The normalized spacial score (nSPS) is 16.0. The summed E-state index contributed by atoms with van der Waals surface area (Å²) >= 11 is 0. The lowest BCUT2D eigenvalue weighted by atomic mass is 10.0. The highest BCUT2D eigenvalue weighted by Gasteiger charge is 2.27. The molecule has 3 rings (SSSR count). The van der Waals surface area contributed by atoms with E-state index in [1.165, 1.54) is 13.1 Å². The monoisotopic (exact) mass is 476 g/mol. The smallest absolute Gasteiger partial charge is 0.345 e. The number of benzene rings is 2. The molecule has 11 heteroatoms. The Bertz CT molecular complexity index is 1220. The molecule has 1 heterocycles. The van der Waals surface area contributed by atoms with Gasteiger partial charge >= 0.3 is 12.0 Å². The number of carboxylic acid groups (broad SMARTS) is 1. The summed E-state index contributed by atoms with van der Waals surface area (Å²) in [6, 6.07) is 12.8. The topological polar surface area (TPSA) is 128 Å². The van der Waals surface area contributed by atoms with E-state index >= 15 is 0 Å². The highest BCUT2D eigenvalue weighted by molar-refractivity contribution is 8.15. The van der Waals surface area contributed by atoms with Crippen LogP contribution in [0, 0.1) is 0 Å². The van der Waals surface area contributed by atoms with Gasteiger partial charge in [-0.2, -0.15) is 5.10 Å². The Hall–Kier alpha value is -3.18. The van der Waals surface area contributed by atoms with E-state index < -0.39 is 32.7 Å². The Labute approximate surface area is 189 Å². The predicted molar refractivity (Wildman–Crippen MR) is 126 cm³/mol. The molecule has 2 aromatic carbocycles. The SMILES string of the molecule is CCN1N=C(C)C(C(=O)O)=S1Cc1ccc(-c2ccccc2S(=O)(=O)NC(=O)NC)cc1. The first-order valence-corrected chi connectivity index (χ1v) is 12.6. The molecule has 1 atom stereocenters. The van der Waals surface area contributed by atoms with Gasteiger partial charge in [-0.25, -0.2) is 27.1 Å². The number of urea groups is 1. The second kappa shape index (κ2) is 9.53. The number of carboxylic acids is 1. The van der Waals surface area contributed by atoms with Gasteiger partial charge in [0, 0.05) is 24.9 Å². The average Bonchev–Trinajstić information content (AvgIpc) is 3.09. The Kier molecular flexibility index (Phi) is 6.99. The van der Waals surface area contributed by atoms with E-state index in [9.17, 15) is 23.1 Å². The molecule has 1 aliphatic heterocycles. The zero-order valence-electron chi connectivity index (χ0n) is 17.8. The molecule has 1 aliphatic rings. The molecule has 0 spiro atoms. The van der Waals surface area contributed by atoms with Gasteiger partial charge in [-0.3, -0.25) is 0 Å². The first-order chi connectivity index (χ1) is 15.2. The Morgan fingerprint density at radius 1 is 1.12 bits per heavy atom. The van der Waals surface area contributed by atoms with E-state index in [4.69, 9.17) is 0 Å². The Morgan fingerprint density at radius 3 is 2.38 bits per heavy atom. The van der Waals surface area contributed by atoms with Crippen molar-refractivity contribution >= 4 is 43.3 Å². The maximum absolute atomic E-state index is 12.6. The van der Waals surface area contributed by atoms with Crippen LogP contribution in [-0.2, 0) is 20.6 Å². The maximum atomic E-state index is 12.6. The van der Waals surface area contributed by atoms with Gasteiger partial charge in [-0.1, -0.05) is 53.1 Å². The van der Waals surface area contributed by atoms with E-state index in [-0.39, 0.29) is 4.90 Å². The zero-order chi connectivity index (χ0) is 23.5. The Balaban J connectivity index is 1.93. The minimum absolute atomic E-state index is 0.0169. The molecule has 0 fully saturated rings. The molecule has 1 unspecified atom stereocenters. The fourth-order valence-corrected chi connectivity index (χ4v) is 6.59. The summed E-state index contributed by atoms with van der Waals surface area (Å²) in [4.78, 5) is 23.6. The Morgan fingerprint density at radius 2 is 1.78 bits per heavy atom. The fraction of sp³-hybridized carbons (Fsp3) is 0.238. The van der Waals surface area contributed by atoms with Crippen molar-refractivity contribution in [2.24, 2.45) is 5.10 Å². The minimum Gasteiger partial charge on any atom is -0.477 e. The number of hydrogen-bond donors (Lipinski definition) is 3. The third-order valence-corrected chi connectivity index (χ3v) is 8.53. The molecule has 0 aromatic heterocycles. The van der Waals surface area contributed by atoms with E-state index in [1.54, 1.807) is 41.7 Å². The maximum Gasteiger partial charge on any atom is 0.345 e. The standard InChI is InChI=1S/C21H24N4O5S2/c1-4-25-23-14(2)19(20(26)27)31(25)13-15-9-11-16(12-10-15)17-7-5-6-8-18(17)32(29,30)24-21(28)22-3/h5-12H,4,13H2,1-3H3,(H,26,27)(H2,22,24,28). The number of sulfonamides is 1. The summed E-state index contributed by atoms with van der Waals surface area (Å²) in [7, 11) is -3.43. The van der Waals surface area contributed by atoms with Gasteiger partial charge in [0.25, 0.3) is 10.0 Å². The third-order valence-electron chi connectivity index (χ3n) is 4.74. The van der Waals surface area contributed by atoms with Crippen LogP contribution in [0.25, 0.3) is 11.1 Å². The molecule has 2 aromatic rings. The second-order valence-corrected chi connectivity index (χ2v) is 10.4. The molecular formula is C21H24N4O5S2. The quantitative estimate of drug-likeness (QED) is 0.527. The fourth-order valence-electron chi connectivity index (χ4n) is 3.27. The molecule has 0 bridgehead atoms. The summed E-state index contributed by atoms with van der Waals surface area (Å²) in [5, 5.41) is 16.2. The summed E-state index contributed by atoms with van der Waals surface area (Å²) in [6.07, 6.45) is 0. The van der Waals surface area contributed by atoms with Crippen molar-refractivity contribution in [3.8, 4) is 11.1 Å². The van der Waals surface area contributed by atoms with E-state index in [0.29, 0.717) is 34.0 Å². The highest BCUT2D eigenvalue weighted by atomic mass is 32.2. The lowest BCUT2D eigenvalue weighted by Gasteiger charge is -2.18. The van der Waals surface area contributed by atoms with E-state index in [1.807, 2.05) is 23.8 Å². The summed E-state index contributed by atoms with van der Waals surface area (Å²) < 4.78 is 29.1. The van der Waals surface area contributed by atoms with Crippen molar-refractivity contribution in [3.63, 3.8) is 0 Å². The van der Waals surface area contributed by atoms with Crippen molar-refractivity contribution in [3.05, 3.63) is 54.1 Å². The minimum atomic E-state index is -4.06. The lowest BCUT2D eigenvalue weighted by molar-refractivity contribution is -0.128. The van der Waals surface area contributed by atoms with Gasteiger partial charge in [0.15, 0.2) is 0 Å². The number of nitrogens with zero attached hydrogens (tertiary/aromatic N) is 2. The zero-order valence-corrected chi connectivity index (χ0v) is 19.5. The van der Waals surface area contributed by atoms with E-state index in [2.05, 4.69) is 10.4 Å². The summed E-state index contributed by atoms with van der Waals surface area (Å²) in [5.41, 5.74) is 2.53. The number of nitrogens with one attached hydrogen (secondary N) is 2. The molecule has 0 radical (unpaired) electrons. The summed E-state index contributed by atoms with van der Waals surface area (Å²) in [5.74, 6) is -0.487. The van der Waals surface area contributed by atoms with Crippen LogP contribution in [0.4, 0.5) is 4.79 Å². The van der Waals surface area contributed by atoms with Crippen LogP contribution >= 0.6 is 10.7 Å². The van der Waals surface area contributed by atoms with Crippen LogP contribution in [0.15, 0.2) is 58.5 Å². The van der Waals surface area contributed by atoms with Gasteiger partial charge in [0.2, 0.25) is 0 Å². The lowest BCUT2D eigenvalue weighted by Crippen LogP contribution is -2.37. The first kappa shape index (κ1) is 23.5. The second-order valence-electron chi connectivity index (χ2n) is 6.87. The molecule has 0 aliphatic carbocycles. The van der Waals surface area contributed by atoms with Gasteiger partial charge in [0.1, 0.15) is 4.86 Å². The van der Waals surface area contributed by atoms with Crippen LogP contribution < -0.4 is 10.0 Å². The van der Waals surface area contributed by atoms with Crippen LogP contribution in [0.2, 0.25) is 0 Å². The van der Waals surface area contributed by atoms with Crippen LogP contribution in [-0.4, -0.2) is 54.1 Å². The molecule has 9 nitrogen and oxygen atoms in total. The van der Waals surface area contributed by atoms with Gasteiger partial charge < -0.3 is 10.4 Å². The van der Waals surface area contributed by atoms with Crippen molar-refractivity contribution in [2.75, 3.05) is 13.6 Å². The average molecular weight is 477 g/mol. The molecule has 2 amide bonds. The van der Waals surface area contributed by atoms with Crippen LogP contribution in [0.5, 0.6) is 0 Å². The third kappa shape index (κ3) is 4.83. The number of carbonyl (C=O) groups excluding carboxylic acids is 1. The first-order valence-electron chi connectivity index (χ1n) is 9.75. The summed E-state index contributed by atoms with van der Waals surface area (Å²) in [6.45, 7) is 4.22. The van der Waals surface area contributed by atoms with Crippen molar-refractivity contribution in [1.82, 2.24) is 14.5 Å². The predicted octanol–water partition coefficient (Wildman–Crippen LogP) is 2.62. The number of hydrazone groups is 1. The number of rotatable bonds is 7. The number of hydrogen-bond acceptors (Lipinski definition) is 6. The van der Waals surface area contributed by atoms with Gasteiger partial charge in [0.05, 0.1) is 10.6 Å². The number of aliphatic carboxylic acids is 1. The van der Waals surface area contributed by atoms with Crippen molar-refractivity contribution in [2.45, 2.75) is 24.5 Å². The largest absolute Gasteiger partial charge is 0.477 e. The van der Waals surface area contributed by atoms with Gasteiger partial charge in [-0.05, 0) is 31.0 Å². The molecular weight excluding hydrogens is 452 g/mol. The number of amides is 2. The van der Waals surface area contributed by atoms with E-state index in [0.717, 1.165) is 5.56 Å². The van der Waals surface area contributed by atoms with Crippen molar-refractivity contribution in [1.29, 1.82) is 0 Å². The molecule has 0 saturated carbocycles. The van der Waals surface area contributed by atoms with Crippen LogP contribution in [0.3, 0.4) is 0 Å². The number of carbonyl (C=O) groups is 2. The van der Waals surface area contributed by atoms with Gasteiger partial charge in [-0.15, -0.1) is 0 Å². The molecule has 3 N–H and O–H groups in total. The molecule has 32 heavy (non-hydrogen) atoms. The highest BCUT2D eigenvalue weighted by Crippen LogP contribution is 2.34. The molecule has 170 valence electrons. The van der Waals surface area contributed by atoms with Crippen molar-refractivity contribution < 1.29 is 23.1 Å². The van der Waals surface area contributed by atoms with Crippen LogP contribution in [0.1, 0.15) is 19.4 Å².